The normalized spacial score (nSPS) is 18.2. The molecule has 0 heterocycles. The Balaban J connectivity index is 1.69. The van der Waals surface area contributed by atoms with Gasteiger partial charge in [0.15, 0.2) is 0 Å². The summed E-state index contributed by atoms with van der Waals surface area (Å²) in [6, 6.07) is 17.7. The molecule has 0 spiro atoms. The molecule has 8 heteroatoms. The van der Waals surface area contributed by atoms with Crippen LogP contribution in [-0.2, 0) is 5.41 Å². The summed E-state index contributed by atoms with van der Waals surface area (Å²) in [4.78, 5) is 0. The van der Waals surface area contributed by atoms with Gasteiger partial charge in [-0.05, 0) is 67.5 Å². The molecule has 1 aliphatic rings. The van der Waals surface area contributed by atoms with E-state index in [9.17, 15) is 26.3 Å². The first-order valence-electron chi connectivity index (χ1n) is 11.9. The van der Waals surface area contributed by atoms with Crippen molar-refractivity contribution < 1.29 is 35.8 Å². The molecule has 3 aromatic rings. The highest BCUT2D eigenvalue weighted by Gasteiger charge is 2.73. The number of alkyl halides is 6. The van der Waals surface area contributed by atoms with Gasteiger partial charge in [0.05, 0.1) is 0 Å². The molecule has 1 aliphatic carbocycles. The van der Waals surface area contributed by atoms with E-state index >= 15 is 0 Å². The van der Waals surface area contributed by atoms with Gasteiger partial charge in [-0.3, -0.25) is 0 Å². The highest BCUT2D eigenvalue weighted by atomic mass is 19.4. The molecule has 0 aliphatic heterocycles. The Morgan fingerprint density at radius 3 is 1.53 bits per heavy atom. The Labute approximate surface area is 217 Å². The largest absolute Gasteiger partial charge is 0.486 e. The molecule has 200 valence electrons. The van der Waals surface area contributed by atoms with E-state index in [2.05, 4.69) is 0 Å². The van der Waals surface area contributed by atoms with Gasteiger partial charge in [-0.25, -0.2) is 0 Å². The summed E-state index contributed by atoms with van der Waals surface area (Å²) in [7, 11) is 0. The second-order valence-corrected chi connectivity index (χ2v) is 9.42. The zero-order valence-corrected chi connectivity index (χ0v) is 20.9. The van der Waals surface area contributed by atoms with Crippen LogP contribution in [0.5, 0.6) is 17.2 Å². The Bertz CT molecular complexity index is 1290. The standard InChI is InChI=1S/C30H26F6O2/c1-19-4-11-24(12-5-19)37-25-15-8-22(9-16-25)28(29(31,32)33,30(34,35)36)23-10-17-27(21(3)18-23)38-26-13-6-20(2)7-14-26/h4-18,21,27H,1-3H3. The van der Waals surface area contributed by atoms with Crippen molar-refractivity contribution in [1.82, 2.24) is 0 Å². The lowest BCUT2D eigenvalue weighted by Crippen LogP contribution is -2.55. The zero-order chi connectivity index (χ0) is 27.7. The van der Waals surface area contributed by atoms with Crippen LogP contribution < -0.4 is 9.47 Å². The van der Waals surface area contributed by atoms with Gasteiger partial charge in [0.25, 0.3) is 0 Å². The lowest BCUT2D eigenvalue weighted by molar-refractivity contribution is -0.289. The number of halogens is 6. The topological polar surface area (TPSA) is 18.5 Å². The predicted molar refractivity (Wildman–Crippen MR) is 133 cm³/mol. The third-order valence-corrected chi connectivity index (χ3v) is 6.55. The van der Waals surface area contributed by atoms with Crippen LogP contribution in [-0.4, -0.2) is 18.5 Å². The molecule has 0 radical (unpaired) electrons. The van der Waals surface area contributed by atoms with Crippen molar-refractivity contribution >= 4 is 0 Å². The fraction of sp³-hybridized carbons (Fsp3) is 0.267. The Morgan fingerprint density at radius 2 is 1.08 bits per heavy atom. The van der Waals surface area contributed by atoms with Crippen LogP contribution in [0.25, 0.3) is 0 Å². The van der Waals surface area contributed by atoms with Crippen molar-refractivity contribution in [1.29, 1.82) is 0 Å². The summed E-state index contributed by atoms with van der Waals surface area (Å²) in [5.41, 5.74) is -4.12. The van der Waals surface area contributed by atoms with Crippen LogP contribution in [0.1, 0.15) is 23.6 Å². The van der Waals surface area contributed by atoms with Gasteiger partial charge in [0.2, 0.25) is 5.41 Å². The zero-order valence-electron chi connectivity index (χ0n) is 20.9. The summed E-state index contributed by atoms with van der Waals surface area (Å²) in [5.74, 6) is 0.233. The third-order valence-electron chi connectivity index (χ3n) is 6.55. The first kappa shape index (κ1) is 27.4. The van der Waals surface area contributed by atoms with Gasteiger partial charge < -0.3 is 9.47 Å². The van der Waals surface area contributed by atoms with E-state index in [-0.39, 0.29) is 5.75 Å². The van der Waals surface area contributed by atoms with Crippen molar-refractivity contribution in [3.8, 4) is 17.2 Å². The van der Waals surface area contributed by atoms with Crippen LogP contribution in [0.15, 0.2) is 96.6 Å². The first-order valence-corrected chi connectivity index (χ1v) is 11.9. The second kappa shape index (κ2) is 10.2. The van der Waals surface area contributed by atoms with Gasteiger partial charge >= 0.3 is 12.4 Å². The fourth-order valence-electron chi connectivity index (χ4n) is 4.48. The minimum atomic E-state index is -5.68. The summed E-state index contributed by atoms with van der Waals surface area (Å²) in [6.07, 6.45) is -8.96. The number of benzene rings is 3. The molecule has 2 nitrogen and oxygen atoms in total. The van der Waals surface area contributed by atoms with E-state index < -0.39 is 40.9 Å². The van der Waals surface area contributed by atoms with Gasteiger partial charge in [0.1, 0.15) is 23.4 Å². The highest BCUT2D eigenvalue weighted by Crippen LogP contribution is 2.57. The van der Waals surface area contributed by atoms with E-state index in [0.717, 1.165) is 47.5 Å². The molecule has 4 rings (SSSR count). The van der Waals surface area contributed by atoms with Gasteiger partial charge in [0, 0.05) is 5.92 Å². The Morgan fingerprint density at radius 1 is 0.632 bits per heavy atom. The second-order valence-electron chi connectivity index (χ2n) is 9.42. The van der Waals surface area contributed by atoms with E-state index in [0.29, 0.717) is 11.5 Å². The molecule has 2 atom stereocenters. The summed E-state index contributed by atoms with van der Waals surface area (Å²) < 4.78 is 98.9. The van der Waals surface area contributed by atoms with Gasteiger partial charge in [-0.15, -0.1) is 0 Å². The molecule has 0 amide bonds. The molecule has 0 bridgehead atoms. The molecule has 2 unspecified atom stereocenters. The van der Waals surface area contributed by atoms with Gasteiger partial charge in [-0.2, -0.15) is 26.3 Å². The highest BCUT2D eigenvalue weighted by molar-refractivity contribution is 5.50. The number of allylic oxidation sites excluding steroid dienone is 2. The summed E-state index contributed by atoms with van der Waals surface area (Å²) >= 11 is 0. The maximum absolute atomic E-state index is 14.6. The molecule has 3 aromatic carbocycles. The number of hydrogen-bond donors (Lipinski definition) is 0. The first-order chi connectivity index (χ1) is 17.8. The average Bonchev–Trinajstić information content (AvgIpc) is 2.83. The number of hydrogen-bond acceptors (Lipinski definition) is 2. The van der Waals surface area contributed by atoms with Crippen molar-refractivity contribution in [2.75, 3.05) is 0 Å². The molecule has 0 aromatic heterocycles. The van der Waals surface area contributed by atoms with E-state index in [4.69, 9.17) is 9.47 Å². The van der Waals surface area contributed by atoms with Crippen molar-refractivity contribution in [3.05, 3.63) is 113 Å². The van der Waals surface area contributed by atoms with Crippen LogP contribution >= 0.6 is 0 Å². The summed E-state index contributed by atoms with van der Waals surface area (Å²) in [6.45, 7) is 5.29. The van der Waals surface area contributed by atoms with E-state index in [1.165, 1.54) is 13.0 Å². The molecule has 0 saturated carbocycles. The monoisotopic (exact) mass is 532 g/mol. The van der Waals surface area contributed by atoms with E-state index in [1.807, 2.05) is 13.8 Å². The Kier molecular flexibility index (Phi) is 7.37. The van der Waals surface area contributed by atoms with E-state index in [1.54, 1.807) is 48.5 Å². The van der Waals surface area contributed by atoms with Crippen molar-refractivity contribution in [3.63, 3.8) is 0 Å². The maximum atomic E-state index is 14.6. The predicted octanol–water partition coefficient (Wildman–Crippen LogP) is 9.04. The SMILES string of the molecule is Cc1ccc(Oc2ccc(C(C3=CC(C)C(Oc4ccc(C)cc4)C=C3)(C(F)(F)F)C(F)(F)F)cc2)cc1. The van der Waals surface area contributed by atoms with Crippen molar-refractivity contribution in [2.45, 2.75) is 44.6 Å². The lowest BCUT2D eigenvalue weighted by Gasteiger charge is -2.40. The molecule has 38 heavy (non-hydrogen) atoms. The van der Waals surface area contributed by atoms with Crippen LogP contribution in [0, 0.1) is 19.8 Å². The minimum absolute atomic E-state index is 0.115. The number of rotatable bonds is 6. The molecule has 0 fully saturated rings. The Hall–Kier alpha value is -3.68. The molecule has 0 N–H and O–H groups in total. The average molecular weight is 533 g/mol. The molecular formula is C30H26F6O2. The maximum Gasteiger partial charge on any atom is 0.411 e. The van der Waals surface area contributed by atoms with Crippen molar-refractivity contribution in [2.24, 2.45) is 5.92 Å². The summed E-state index contributed by atoms with van der Waals surface area (Å²) in [5, 5.41) is 0. The number of aryl methyl sites for hydroxylation is 2. The fourth-order valence-corrected chi connectivity index (χ4v) is 4.48. The number of ether oxygens (including phenoxy) is 2. The molecular weight excluding hydrogens is 506 g/mol. The quantitative estimate of drug-likeness (QED) is 0.295. The van der Waals surface area contributed by atoms with Crippen LogP contribution in [0.3, 0.4) is 0 Å². The molecule has 0 saturated heterocycles. The lowest BCUT2D eigenvalue weighted by atomic mass is 9.70. The smallest absolute Gasteiger partial charge is 0.411 e. The minimum Gasteiger partial charge on any atom is -0.486 e. The third kappa shape index (κ3) is 5.30. The van der Waals surface area contributed by atoms with Gasteiger partial charge in [-0.1, -0.05) is 66.6 Å². The van der Waals surface area contributed by atoms with Crippen LogP contribution in [0.4, 0.5) is 26.3 Å². The van der Waals surface area contributed by atoms with Crippen LogP contribution in [0.2, 0.25) is 0 Å².